The van der Waals surface area contributed by atoms with Crippen LogP contribution < -0.4 is 4.74 Å². The number of benzene rings is 1. The molecule has 0 saturated carbocycles. The van der Waals surface area contributed by atoms with Crippen LogP contribution in [0.3, 0.4) is 0 Å². The molecule has 0 heterocycles. The van der Waals surface area contributed by atoms with Gasteiger partial charge in [-0.3, -0.25) is 0 Å². The van der Waals surface area contributed by atoms with Gasteiger partial charge in [-0.15, -0.1) is 0 Å². The molecule has 0 unspecified atom stereocenters. The molecule has 0 saturated heterocycles. The topological polar surface area (TPSA) is 68.1 Å². The Balaban J connectivity index is 2.44. The van der Waals surface area contributed by atoms with Crippen LogP contribution in [0.25, 0.3) is 0 Å². The van der Waals surface area contributed by atoms with Crippen molar-refractivity contribution in [2.75, 3.05) is 13.2 Å². The lowest BCUT2D eigenvalue weighted by Gasteiger charge is -2.02. The number of hydrogen-bond donors (Lipinski definition) is 1. The normalized spacial score (nSPS) is 10.1. The van der Waals surface area contributed by atoms with Gasteiger partial charge in [0.15, 0.2) is 0 Å². The molecule has 0 bridgehead atoms. The zero-order valence-corrected chi connectivity index (χ0v) is 9.20. The summed E-state index contributed by atoms with van der Waals surface area (Å²) in [5.74, 6) is -0.330. The van der Waals surface area contributed by atoms with Gasteiger partial charge in [0.2, 0.25) is 6.61 Å². The van der Waals surface area contributed by atoms with Crippen molar-refractivity contribution in [3.63, 3.8) is 0 Å². The first kappa shape index (κ1) is 12.8. The van der Waals surface area contributed by atoms with E-state index in [9.17, 15) is 4.79 Å². The van der Waals surface area contributed by atoms with E-state index in [4.69, 9.17) is 9.84 Å². The minimum absolute atomic E-state index is 0.447. The van der Waals surface area contributed by atoms with Gasteiger partial charge in [0.1, 0.15) is 12.4 Å². The van der Waals surface area contributed by atoms with Gasteiger partial charge >= 0.3 is 5.97 Å². The van der Waals surface area contributed by atoms with E-state index < -0.39 is 12.6 Å². The van der Waals surface area contributed by atoms with Gasteiger partial charge in [-0.2, -0.15) is 0 Å². The molecule has 0 aromatic heterocycles. The highest BCUT2D eigenvalue weighted by atomic mass is 16.6. The Morgan fingerprint density at radius 2 is 2.12 bits per heavy atom. The van der Waals surface area contributed by atoms with Crippen LogP contribution >= 0.6 is 0 Å². The molecule has 1 rings (SSSR count). The molecule has 0 atom stereocenters. The Morgan fingerprint density at radius 1 is 1.41 bits per heavy atom. The first-order valence-electron chi connectivity index (χ1n) is 4.93. The summed E-state index contributed by atoms with van der Waals surface area (Å²) in [4.78, 5) is 14.7. The Hall–Kier alpha value is -2.30. The zero-order valence-electron chi connectivity index (χ0n) is 9.20. The molecule has 1 aromatic carbocycles. The van der Waals surface area contributed by atoms with E-state index >= 15 is 0 Å². The third-order valence-corrected chi connectivity index (χ3v) is 1.71. The van der Waals surface area contributed by atoms with Crippen LogP contribution in [0.1, 0.15) is 5.56 Å². The van der Waals surface area contributed by atoms with Crippen LogP contribution in [0.5, 0.6) is 5.75 Å². The predicted molar refractivity (Wildman–Crippen MR) is 63.3 cm³/mol. The van der Waals surface area contributed by atoms with Crippen molar-refractivity contribution < 1.29 is 19.5 Å². The fourth-order valence-corrected chi connectivity index (χ4v) is 0.996. The highest BCUT2D eigenvalue weighted by molar-refractivity contribution is 5.79. The summed E-state index contributed by atoms with van der Waals surface area (Å²) < 4.78 is 5.30. The second kappa shape index (κ2) is 7.05. The fraction of sp³-hybridized carbons (Fsp3) is 0.167. The molecule has 0 fully saturated rings. The lowest BCUT2D eigenvalue weighted by atomic mass is 10.2. The molecule has 0 aliphatic heterocycles. The van der Waals surface area contributed by atoms with E-state index in [0.29, 0.717) is 6.61 Å². The SMILES string of the molecule is C=CCOc1ccc(C=NOCC(=O)O)cc1. The molecular weight excluding hydrogens is 222 g/mol. The average molecular weight is 235 g/mol. The smallest absolute Gasteiger partial charge is 0.344 e. The molecule has 5 heteroatoms. The van der Waals surface area contributed by atoms with Gasteiger partial charge < -0.3 is 14.7 Å². The van der Waals surface area contributed by atoms with Crippen LogP contribution in [0.2, 0.25) is 0 Å². The van der Waals surface area contributed by atoms with Gasteiger partial charge in [0.25, 0.3) is 0 Å². The molecule has 0 spiro atoms. The molecule has 5 nitrogen and oxygen atoms in total. The molecule has 0 amide bonds. The monoisotopic (exact) mass is 235 g/mol. The maximum atomic E-state index is 10.1. The third kappa shape index (κ3) is 5.36. The number of hydrogen-bond acceptors (Lipinski definition) is 4. The van der Waals surface area contributed by atoms with E-state index in [1.165, 1.54) is 6.21 Å². The minimum Gasteiger partial charge on any atom is -0.490 e. The van der Waals surface area contributed by atoms with Crippen LogP contribution in [-0.4, -0.2) is 30.5 Å². The lowest BCUT2D eigenvalue weighted by Crippen LogP contribution is -2.03. The van der Waals surface area contributed by atoms with Gasteiger partial charge in [-0.1, -0.05) is 17.8 Å². The van der Waals surface area contributed by atoms with E-state index in [1.807, 2.05) is 0 Å². The minimum atomic E-state index is -1.06. The summed E-state index contributed by atoms with van der Waals surface area (Å²) in [5, 5.41) is 11.8. The van der Waals surface area contributed by atoms with Crippen molar-refractivity contribution >= 4 is 12.2 Å². The number of nitrogens with zero attached hydrogens (tertiary/aromatic N) is 1. The summed E-state index contributed by atoms with van der Waals surface area (Å²) >= 11 is 0. The number of ether oxygens (including phenoxy) is 1. The van der Waals surface area contributed by atoms with E-state index in [-0.39, 0.29) is 0 Å². The van der Waals surface area contributed by atoms with Crippen molar-refractivity contribution in [1.82, 2.24) is 0 Å². The number of carboxylic acid groups (broad SMARTS) is 1. The first-order chi connectivity index (χ1) is 8.22. The molecule has 0 aliphatic carbocycles. The second-order valence-corrected chi connectivity index (χ2v) is 3.07. The molecule has 1 aromatic rings. The van der Waals surface area contributed by atoms with Crippen LogP contribution in [0, 0.1) is 0 Å². The zero-order chi connectivity index (χ0) is 12.5. The largest absolute Gasteiger partial charge is 0.490 e. The summed E-state index contributed by atoms with van der Waals surface area (Å²) in [7, 11) is 0. The Kier molecular flexibility index (Phi) is 5.30. The van der Waals surface area contributed by atoms with E-state index in [0.717, 1.165) is 11.3 Å². The standard InChI is InChI=1S/C12H13NO4/c1-2-7-16-11-5-3-10(4-6-11)8-13-17-9-12(14)15/h2-6,8H,1,7,9H2,(H,14,15). The Morgan fingerprint density at radius 3 is 2.71 bits per heavy atom. The van der Waals surface area contributed by atoms with Crippen molar-refractivity contribution in [1.29, 1.82) is 0 Å². The number of carbonyl (C=O) groups is 1. The molecular formula is C12H13NO4. The predicted octanol–water partition coefficient (Wildman–Crippen LogP) is 1.69. The van der Waals surface area contributed by atoms with Gasteiger partial charge in [-0.05, 0) is 29.8 Å². The molecule has 0 aliphatic rings. The summed E-state index contributed by atoms with van der Waals surface area (Å²) in [6.07, 6.45) is 3.09. The van der Waals surface area contributed by atoms with Crippen molar-refractivity contribution in [2.24, 2.45) is 5.16 Å². The molecule has 1 N–H and O–H groups in total. The quantitative estimate of drug-likeness (QED) is 0.443. The number of rotatable bonds is 7. The summed E-state index contributed by atoms with van der Waals surface area (Å²) in [5.41, 5.74) is 0.793. The molecule has 0 radical (unpaired) electrons. The molecule has 17 heavy (non-hydrogen) atoms. The van der Waals surface area contributed by atoms with Crippen molar-refractivity contribution in [3.05, 3.63) is 42.5 Å². The Labute approximate surface area is 99.0 Å². The van der Waals surface area contributed by atoms with Crippen LogP contribution in [-0.2, 0) is 9.63 Å². The first-order valence-corrected chi connectivity index (χ1v) is 4.93. The second-order valence-electron chi connectivity index (χ2n) is 3.07. The van der Waals surface area contributed by atoms with Crippen LogP contribution in [0.15, 0.2) is 42.1 Å². The van der Waals surface area contributed by atoms with Gasteiger partial charge in [0.05, 0.1) is 6.21 Å². The van der Waals surface area contributed by atoms with Crippen molar-refractivity contribution in [3.8, 4) is 5.75 Å². The van der Waals surface area contributed by atoms with Crippen LogP contribution in [0.4, 0.5) is 0 Å². The average Bonchev–Trinajstić information content (AvgIpc) is 2.33. The van der Waals surface area contributed by atoms with Crippen molar-refractivity contribution in [2.45, 2.75) is 0 Å². The maximum Gasteiger partial charge on any atom is 0.344 e. The third-order valence-electron chi connectivity index (χ3n) is 1.71. The van der Waals surface area contributed by atoms with Gasteiger partial charge in [0, 0.05) is 0 Å². The number of aliphatic carboxylic acids is 1. The van der Waals surface area contributed by atoms with Gasteiger partial charge in [-0.25, -0.2) is 4.79 Å². The summed E-state index contributed by atoms with van der Waals surface area (Å²) in [6.45, 7) is 3.55. The summed E-state index contributed by atoms with van der Waals surface area (Å²) in [6, 6.07) is 7.13. The maximum absolute atomic E-state index is 10.1. The fourth-order valence-electron chi connectivity index (χ4n) is 0.996. The number of carboxylic acids is 1. The van der Waals surface area contributed by atoms with E-state index in [1.54, 1.807) is 30.3 Å². The van der Waals surface area contributed by atoms with E-state index in [2.05, 4.69) is 16.6 Å². The Bertz CT molecular complexity index is 397. The lowest BCUT2D eigenvalue weighted by molar-refractivity contribution is -0.142. The molecule has 90 valence electrons. The highest BCUT2D eigenvalue weighted by Crippen LogP contribution is 2.10. The number of oxime groups is 1. The highest BCUT2D eigenvalue weighted by Gasteiger charge is 1.94.